The van der Waals surface area contributed by atoms with Gasteiger partial charge >= 0.3 is 12.1 Å². The summed E-state index contributed by atoms with van der Waals surface area (Å²) in [5.41, 5.74) is 0.190. The van der Waals surface area contributed by atoms with Gasteiger partial charge in [-0.05, 0) is 82.9 Å². The van der Waals surface area contributed by atoms with Crippen LogP contribution >= 0.6 is 0 Å². The number of aliphatic carboxylic acids is 1. The fourth-order valence-electron chi connectivity index (χ4n) is 6.80. The number of ether oxygens (including phenoxy) is 2. The standard InChI is InChI=1S/C37H45N7O7/c1-36(2,3)51-35(49)39-28-14-9-7-5-6-8-12-24-21-37(24,34(47)48)40-32(45)29-20-25(22-43(29)33(28)46)44-41-30(23-15-17-26(50-4)18-16-23)31(42-44)27-13-10-11-19-38-27/h8,10-13,15-19,24-25,28-29H,5-7,9,14,20-22H2,1-4H3,(H,39,49)(H,40,45)(H,47,48)/b12-8-/t24-,25+,28-,29+,37+/m1/s1. The number of allylic oxidation sites excluding steroid dienone is 1. The summed E-state index contributed by atoms with van der Waals surface area (Å²) in [5, 5.41) is 25.5. The van der Waals surface area contributed by atoms with Gasteiger partial charge in [0.05, 0.1) is 18.8 Å². The topological polar surface area (TPSA) is 178 Å². The number of carbonyl (C=O) groups excluding carboxylic acids is 3. The number of fused-ring (bicyclic) bond motifs is 2. The molecule has 2 aliphatic heterocycles. The Labute approximate surface area is 296 Å². The number of carbonyl (C=O) groups is 4. The monoisotopic (exact) mass is 699 g/mol. The molecule has 1 saturated heterocycles. The molecule has 14 nitrogen and oxygen atoms in total. The van der Waals surface area contributed by atoms with Crippen LogP contribution < -0.4 is 15.4 Å². The van der Waals surface area contributed by atoms with Crippen molar-refractivity contribution < 1.29 is 33.8 Å². The summed E-state index contributed by atoms with van der Waals surface area (Å²) < 4.78 is 10.8. The molecular weight excluding hydrogens is 654 g/mol. The molecule has 5 atom stereocenters. The van der Waals surface area contributed by atoms with Crippen LogP contribution in [0, 0.1) is 5.92 Å². The molecule has 1 aromatic carbocycles. The number of pyridine rings is 1. The Morgan fingerprint density at radius 1 is 1.04 bits per heavy atom. The molecule has 2 fully saturated rings. The summed E-state index contributed by atoms with van der Waals surface area (Å²) in [4.78, 5) is 61.5. The summed E-state index contributed by atoms with van der Waals surface area (Å²) in [7, 11) is 1.59. The third kappa shape index (κ3) is 7.89. The number of hydrogen-bond acceptors (Lipinski definition) is 9. The zero-order valence-corrected chi connectivity index (χ0v) is 29.4. The lowest BCUT2D eigenvalue weighted by atomic mass is 10.0. The average Bonchev–Trinajstić information content (AvgIpc) is 3.40. The number of carboxylic acid groups (broad SMARTS) is 1. The maximum atomic E-state index is 14.4. The highest BCUT2D eigenvalue weighted by atomic mass is 16.6. The van der Waals surface area contributed by atoms with Gasteiger partial charge in [0.25, 0.3) is 0 Å². The number of benzene rings is 1. The zero-order chi connectivity index (χ0) is 36.3. The van der Waals surface area contributed by atoms with E-state index in [4.69, 9.17) is 19.7 Å². The Kier molecular flexibility index (Phi) is 10.1. The Morgan fingerprint density at radius 2 is 1.80 bits per heavy atom. The number of nitrogens with one attached hydrogen (secondary N) is 2. The lowest BCUT2D eigenvalue weighted by molar-refractivity contribution is -0.145. The van der Waals surface area contributed by atoms with Gasteiger partial charge in [0.15, 0.2) is 0 Å². The number of carboxylic acids is 1. The van der Waals surface area contributed by atoms with Gasteiger partial charge in [-0.25, -0.2) is 9.59 Å². The fourth-order valence-corrected chi connectivity index (χ4v) is 6.80. The van der Waals surface area contributed by atoms with Gasteiger partial charge in [-0.15, -0.1) is 0 Å². The van der Waals surface area contributed by atoms with Gasteiger partial charge in [0.1, 0.15) is 40.4 Å². The Balaban J connectivity index is 1.37. The summed E-state index contributed by atoms with van der Waals surface area (Å²) in [6, 6.07) is 10.3. The van der Waals surface area contributed by atoms with E-state index in [0.29, 0.717) is 35.7 Å². The quantitative estimate of drug-likeness (QED) is 0.310. The van der Waals surface area contributed by atoms with Gasteiger partial charge in [0, 0.05) is 30.6 Å². The normalized spacial score (nSPS) is 26.1. The maximum Gasteiger partial charge on any atom is 0.408 e. The molecule has 3 aromatic rings. The van der Waals surface area contributed by atoms with E-state index >= 15 is 0 Å². The zero-order valence-electron chi connectivity index (χ0n) is 29.4. The minimum Gasteiger partial charge on any atom is -0.497 e. The van der Waals surface area contributed by atoms with E-state index in [9.17, 15) is 24.3 Å². The van der Waals surface area contributed by atoms with Crippen LogP contribution in [0.1, 0.15) is 71.8 Å². The number of nitrogens with zero attached hydrogens (tertiary/aromatic N) is 5. The first kappa shape index (κ1) is 35.6. The van der Waals surface area contributed by atoms with Crippen molar-refractivity contribution in [3.8, 4) is 28.4 Å². The maximum absolute atomic E-state index is 14.4. The Hall–Kier alpha value is -5.27. The Bertz CT molecular complexity index is 1790. The first-order valence-corrected chi connectivity index (χ1v) is 17.4. The van der Waals surface area contributed by atoms with E-state index in [0.717, 1.165) is 24.8 Å². The van der Waals surface area contributed by atoms with Crippen molar-refractivity contribution in [3.05, 3.63) is 60.8 Å². The van der Waals surface area contributed by atoms with Crippen LogP contribution in [0.15, 0.2) is 60.8 Å². The number of methoxy groups -OCH3 is 1. The smallest absolute Gasteiger partial charge is 0.408 e. The minimum atomic E-state index is -1.45. The molecule has 0 radical (unpaired) electrons. The molecule has 6 rings (SSSR count). The second-order valence-corrected chi connectivity index (χ2v) is 14.4. The highest BCUT2D eigenvalue weighted by Gasteiger charge is 2.61. The van der Waals surface area contributed by atoms with Crippen LogP contribution in [0.2, 0.25) is 0 Å². The minimum absolute atomic E-state index is 0.0468. The van der Waals surface area contributed by atoms with Gasteiger partial charge < -0.3 is 30.1 Å². The second kappa shape index (κ2) is 14.5. The van der Waals surface area contributed by atoms with Crippen LogP contribution in [0.25, 0.3) is 22.6 Å². The fraction of sp³-hybridized carbons (Fsp3) is 0.486. The first-order chi connectivity index (χ1) is 24.4. The van der Waals surface area contributed by atoms with E-state index < -0.39 is 53.1 Å². The van der Waals surface area contributed by atoms with Gasteiger partial charge in [-0.1, -0.05) is 31.1 Å². The van der Waals surface area contributed by atoms with E-state index in [-0.39, 0.29) is 25.3 Å². The number of aromatic nitrogens is 4. The van der Waals surface area contributed by atoms with E-state index in [1.807, 2.05) is 48.6 Å². The van der Waals surface area contributed by atoms with Crippen LogP contribution in [0.4, 0.5) is 4.79 Å². The number of hydrogen-bond donors (Lipinski definition) is 3. The molecule has 3 amide bonds. The molecule has 4 heterocycles. The average molecular weight is 700 g/mol. The molecule has 270 valence electrons. The van der Waals surface area contributed by atoms with E-state index in [1.165, 1.54) is 9.70 Å². The molecule has 1 aliphatic carbocycles. The molecule has 3 N–H and O–H groups in total. The number of rotatable bonds is 6. The van der Waals surface area contributed by atoms with Crippen molar-refractivity contribution in [1.29, 1.82) is 0 Å². The third-order valence-electron chi connectivity index (χ3n) is 9.56. The molecular formula is C37H45N7O7. The van der Waals surface area contributed by atoms with Crippen molar-refractivity contribution in [2.24, 2.45) is 5.92 Å². The third-order valence-corrected chi connectivity index (χ3v) is 9.56. The van der Waals surface area contributed by atoms with Crippen LogP contribution in [-0.2, 0) is 19.1 Å². The summed E-state index contributed by atoms with van der Waals surface area (Å²) >= 11 is 0. The van der Waals surface area contributed by atoms with Crippen molar-refractivity contribution >= 4 is 23.9 Å². The summed E-state index contributed by atoms with van der Waals surface area (Å²) in [6.45, 7) is 5.27. The molecule has 1 saturated carbocycles. The van der Waals surface area contributed by atoms with Gasteiger partial charge in [-0.2, -0.15) is 15.0 Å². The van der Waals surface area contributed by atoms with Crippen molar-refractivity contribution in [2.45, 2.75) is 95.0 Å². The van der Waals surface area contributed by atoms with Crippen molar-refractivity contribution in [3.63, 3.8) is 0 Å². The second-order valence-electron chi connectivity index (χ2n) is 14.4. The Morgan fingerprint density at radius 3 is 2.49 bits per heavy atom. The largest absolute Gasteiger partial charge is 0.497 e. The lowest BCUT2D eigenvalue weighted by Gasteiger charge is -2.30. The van der Waals surface area contributed by atoms with E-state index in [2.05, 4.69) is 15.6 Å². The summed E-state index contributed by atoms with van der Waals surface area (Å²) in [5.74, 6) is -1.84. The predicted molar refractivity (Wildman–Crippen MR) is 186 cm³/mol. The number of amides is 3. The molecule has 3 aliphatic rings. The number of alkyl carbamates (subject to hydrolysis) is 1. The molecule has 14 heteroatoms. The van der Waals surface area contributed by atoms with Crippen LogP contribution in [-0.4, -0.2) is 90.7 Å². The summed E-state index contributed by atoms with van der Waals surface area (Å²) in [6.07, 6.45) is 8.49. The SMILES string of the molecule is COc1ccc(-c2nn([C@H]3C[C@H]4C(=O)N[C@@]5(C(=O)O)C[C@H]5/C=C\CCCCC[C@@H](NC(=O)OC(C)(C)C)C(=O)N4C3)nc2-c2ccccn2)cc1. The molecule has 51 heavy (non-hydrogen) atoms. The van der Waals surface area contributed by atoms with Crippen molar-refractivity contribution in [2.75, 3.05) is 13.7 Å². The highest BCUT2D eigenvalue weighted by Crippen LogP contribution is 2.45. The van der Waals surface area contributed by atoms with Gasteiger partial charge in [0.2, 0.25) is 11.8 Å². The predicted octanol–water partition coefficient (Wildman–Crippen LogP) is 4.53. The molecule has 2 aromatic heterocycles. The first-order valence-electron chi connectivity index (χ1n) is 17.4. The van der Waals surface area contributed by atoms with Crippen LogP contribution in [0.5, 0.6) is 5.75 Å². The molecule has 0 unspecified atom stereocenters. The highest BCUT2D eigenvalue weighted by molar-refractivity contribution is 5.96. The van der Waals surface area contributed by atoms with Crippen molar-refractivity contribution in [1.82, 2.24) is 35.5 Å². The molecule has 0 bridgehead atoms. The molecule has 0 spiro atoms. The van der Waals surface area contributed by atoms with Gasteiger partial charge in [-0.3, -0.25) is 14.6 Å². The lowest BCUT2D eigenvalue weighted by Crippen LogP contribution is -2.56. The van der Waals surface area contributed by atoms with Crippen LogP contribution in [0.3, 0.4) is 0 Å². The van der Waals surface area contributed by atoms with E-state index in [1.54, 1.807) is 40.1 Å².